The zero-order valence-electron chi connectivity index (χ0n) is 16.8. The zero-order chi connectivity index (χ0) is 20.3. The van der Waals surface area contributed by atoms with Gasteiger partial charge in [0.15, 0.2) is 0 Å². The summed E-state index contributed by atoms with van der Waals surface area (Å²) in [6.45, 7) is 0.849. The van der Waals surface area contributed by atoms with Crippen LogP contribution in [0.15, 0.2) is 55.0 Å². The lowest BCUT2D eigenvalue weighted by molar-refractivity contribution is -0.116. The maximum absolute atomic E-state index is 12.1. The number of amides is 1. The molecule has 0 aliphatic carbocycles. The Kier molecular flexibility index (Phi) is 7.74. The van der Waals surface area contributed by atoms with Crippen molar-refractivity contribution in [3.05, 3.63) is 55.0 Å². The van der Waals surface area contributed by atoms with Crippen LogP contribution in [0.5, 0.6) is 5.75 Å². The number of pyridine rings is 1. The van der Waals surface area contributed by atoms with Gasteiger partial charge in [-0.3, -0.25) is 14.5 Å². The molecule has 3 rings (SSSR count). The number of benzene rings is 1. The fourth-order valence-electron chi connectivity index (χ4n) is 3.10. The first-order valence-electron chi connectivity index (χ1n) is 9.99. The SMILES string of the molecule is COc1ccccc1NC(=O)CCCCCCCn1cc(-c2cccnc2)nn1. The highest BCUT2D eigenvalue weighted by molar-refractivity contribution is 5.92. The third-order valence-electron chi connectivity index (χ3n) is 4.67. The summed E-state index contributed by atoms with van der Waals surface area (Å²) >= 11 is 0. The van der Waals surface area contributed by atoms with Crippen molar-refractivity contribution in [2.75, 3.05) is 12.4 Å². The van der Waals surface area contributed by atoms with E-state index in [9.17, 15) is 4.79 Å². The highest BCUT2D eigenvalue weighted by atomic mass is 16.5. The summed E-state index contributed by atoms with van der Waals surface area (Å²) < 4.78 is 7.13. The number of hydrogen-bond acceptors (Lipinski definition) is 5. The van der Waals surface area contributed by atoms with E-state index >= 15 is 0 Å². The molecule has 7 heteroatoms. The largest absolute Gasteiger partial charge is 0.495 e. The van der Waals surface area contributed by atoms with Crippen molar-refractivity contribution >= 4 is 11.6 Å². The topological polar surface area (TPSA) is 81.9 Å². The summed E-state index contributed by atoms with van der Waals surface area (Å²) in [5.41, 5.74) is 2.54. The van der Waals surface area contributed by atoms with E-state index in [4.69, 9.17) is 4.74 Å². The van der Waals surface area contributed by atoms with E-state index in [1.54, 1.807) is 19.5 Å². The van der Waals surface area contributed by atoms with Crippen molar-refractivity contribution in [1.29, 1.82) is 0 Å². The monoisotopic (exact) mass is 393 g/mol. The van der Waals surface area contributed by atoms with Crippen molar-refractivity contribution in [3.8, 4) is 17.0 Å². The molecule has 2 aromatic heterocycles. The molecule has 7 nitrogen and oxygen atoms in total. The molecule has 3 aromatic rings. The van der Waals surface area contributed by atoms with E-state index in [2.05, 4.69) is 20.6 Å². The van der Waals surface area contributed by atoms with Gasteiger partial charge < -0.3 is 10.1 Å². The van der Waals surface area contributed by atoms with Gasteiger partial charge in [-0.2, -0.15) is 0 Å². The second kappa shape index (κ2) is 10.9. The number of methoxy groups -OCH3 is 1. The molecule has 0 fully saturated rings. The quantitative estimate of drug-likeness (QED) is 0.490. The van der Waals surface area contributed by atoms with Gasteiger partial charge in [-0.15, -0.1) is 5.10 Å². The van der Waals surface area contributed by atoms with Gasteiger partial charge in [0.2, 0.25) is 5.91 Å². The second-order valence-electron chi connectivity index (χ2n) is 6.87. The number of aryl methyl sites for hydroxylation is 1. The Hall–Kier alpha value is -3.22. The van der Waals surface area contributed by atoms with Crippen molar-refractivity contribution < 1.29 is 9.53 Å². The first kappa shape index (κ1) is 20.5. The van der Waals surface area contributed by atoms with Gasteiger partial charge in [-0.25, -0.2) is 0 Å². The summed E-state index contributed by atoms with van der Waals surface area (Å²) in [5, 5.41) is 11.3. The number of nitrogens with one attached hydrogen (secondary N) is 1. The van der Waals surface area contributed by atoms with E-state index in [-0.39, 0.29) is 5.91 Å². The maximum Gasteiger partial charge on any atom is 0.224 e. The molecule has 0 atom stereocenters. The predicted octanol–water partition coefficient (Wildman–Crippen LogP) is 4.33. The predicted molar refractivity (Wildman–Crippen MR) is 113 cm³/mol. The fraction of sp³-hybridized carbons (Fsp3) is 0.364. The molecule has 0 spiro atoms. The molecular formula is C22H27N5O2. The Morgan fingerprint density at radius 2 is 1.90 bits per heavy atom. The smallest absolute Gasteiger partial charge is 0.224 e. The van der Waals surface area contributed by atoms with Crippen molar-refractivity contribution in [2.24, 2.45) is 0 Å². The van der Waals surface area contributed by atoms with Gasteiger partial charge in [0.25, 0.3) is 0 Å². The molecule has 1 N–H and O–H groups in total. The number of unbranched alkanes of at least 4 members (excludes halogenated alkanes) is 4. The van der Waals surface area contributed by atoms with Crippen molar-refractivity contribution in [3.63, 3.8) is 0 Å². The molecule has 0 saturated carbocycles. The molecule has 0 bridgehead atoms. The highest BCUT2D eigenvalue weighted by Gasteiger charge is 2.07. The number of carbonyl (C=O) groups excluding carboxylic acids is 1. The summed E-state index contributed by atoms with van der Waals surface area (Å²) in [6, 6.07) is 11.3. The minimum atomic E-state index is 0.0278. The highest BCUT2D eigenvalue weighted by Crippen LogP contribution is 2.23. The van der Waals surface area contributed by atoms with Crippen LogP contribution >= 0.6 is 0 Å². The number of aromatic nitrogens is 4. The molecule has 29 heavy (non-hydrogen) atoms. The van der Waals surface area contributed by atoms with E-state index in [0.29, 0.717) is 12.2 Å². The molecule has 0 aliphatic heterocycles. The van der Waals surface area contributed by atoms with Crippen molar-refractivity contribution in [2.45, 2.75) is 45.1 Å². The molecular weight excluding hydrogens is 366 g/mol. The van der Waals surface area contributed by atoms with Gasteiger partial charge in [-0.1, -0.05) is 36.6 Å². The van der Waals surface area contributed by atoms with Crippen LogP contribution in [0.1, 0.15) is 38.5 Å². The Balaban J connectivity index is 1.28. The van der Waals surface area contributed by atoms with Crippen LogP contribution in [-0.4, -0.2) is 33.0 Å². The molecule has 0 saturated heterocycles. The molecule has 0 aliphatic rings. The Morgan fingerprint density at radius 1 is 1.07 bits per heavy atom. The third-order valence-corrected chi connectivity index (χ3v) is 4.67. The number of hydrogen-bond donors (Lipinski definition) is 1. The van der Waals surface area contributed by atoms with Crippen LogP contribution in [0.2, 0.25) is 0 Å². The average molecular weight is 393 g/mol. The summed E-state index contributed by atoms with van der Waals surface area (Å²) in [7, 11) is 1.60. The van der Waals surface area contributed by atoms with E-state index in [1.165, 1.54) is 0 Å². The number of ether oxygens (including phenoxy) is 1. The normalized spacial score (nSPS) is 10.7. The van der Waals surface area contributed by atoms with Gasteiger partial charge >= 0.3 is 0 Å². The van der Waals surface area contributed by atoms with Crippen LogP contribution < -0.4 is 10.1 Å². The number of para-hydroxylation sites is 2. The van der Waals surface area contributed by atoms with Crippen LogP contribution in [0, 0.1) is 0 Å². The minimum Gasteiger partial charge on any atom is -0.495 e. The molecule has 1 aromatic carbocycles. The van der Waals surface area contributed by atoms with Gasteiger partial charge in [-0.05, 0) is 37.1 Å². The molecule has 1 amide bonds. The lowest BCUT2D eigenvalue weighted by Gasteiger charge is -2.09. The number of carbonyl (C=O) groups is 1. The first-order chi connectivity index (χ1) is 14.3. The van der Waals surface area contributed by atoms with E-state index in [1.807, 2.05) is 47.3 Å². The van der Waals surface area contributed by atoms with Gasteiger partial charge in [0, 0.05) is 30.9 Å². The summed E-state index contributed by atoms with van der Waals surface area (Å²) in [4.78, 5) is 16.2. The van der Waals surface area contributed by atoms with Crippen LogP contribution in [0.25, 0.3) is 11.3 Å². The summed E-state index contributed by atoms with van der Waals surface area (Å²) in [6.07, 6.45) is 11.2. The number of nitrogens with zero attached hydrogens (tertiary/aromatic N) is 4. The van der Waals surface area contributed by atoms with Crippen LogP contribution in [-0.2, 0) is 11.3 Å². The fourth-order valence-corrected chi connectivity index (χ4v) is 3.10. The Bertz CT molecular complexity index is 895. The van der Waals surface area contributed by atoms with E-state index < -0.39 is 0 Å². The average Bonchev–Trinajstić information content (AvgIpc) is 3.23. The standard InChI is InChI=1S/C22H27N5O2/c1-29-21-12-7-6-11-19(21)24-22(28)13-5-3-2-4-8-15-27-17-20(25-26-27)18-10-9-14-23-16-18/h6-7,9-12,14,16-17H,2-5,8,13,15H2,1H3,(H,24,28). The molecule has 0 unspecified atom stereocenters. The van der Waals surface area contributed by atoms with Crippen molar-refractivity contribution in [1.82, 2.24) is 20.0 Å². The molecule has 152 valence electrons. The molecule has 2 heterocycles. The van der Waals surface area contributed by atoms with Crippen LogP contribution in [0.4, 0.5) is 5.69 Å². The third kappa shape index (κ3) is 6.41. The van der Waals surface area contributed by atoms with Crippen LogP contribution in [0.3, 0.4) is 0 Å². The number of rotatable bonds is 11. The van der Waals surface area contributed by atoms with Gasteiger partial charge in [0.1, 0.15) is 11.4 Å². The lowest BCUT2D eigenvalue weighted by atomic mass is 10.1. The minimum absolute atomic E-state index is 0.0278. The second-order valence-corrected chi connectivity index (χ2v) is 6.87. The maximum atomic E-state index is 12.1. The molecule has 0 radical (unpaired) electrons. The number of anilines is 1. The summed E-state index contributed by atoms with van der Waals surface area (Å²) in [5.74, 6) is 0.709. The Labute approximate surface area is 171 Å². The lowest BCUT2D eigenvalue weighted by Crippen LogP contribution is -2.11. The van der Waals surface area contributed by atoms with Gasteiger partial charge in [0.05, 0.1) is 19.0 Å². The Morgan fingerprint density at radius 3 is 2.72 bits per heavy atom. The zero-order valence-corrected chi connectivity index (χ0v) is 16.8. The van der Waals surface area contributed by atoms with E-state index in [0.717, 1.165) is 55.6 Å². The first-order valence-corrected chi connectivity index (χ1v) is 9.99.